The minimum Gasteiger partial charge on any atom is -0.308 e. The Balaban J connectivity index is 3.08. The molecule has 1 unspecified atom stereocenters. The van der Waals surface area contributed by atoms with Crippen LogP contribution in [0.2, 0.25) is 0 Å². The minimum absolute atomic E-state index is 0.134. The number of nitrogens with zero attached hydrogens (tertiary/aromatic N) is 1. The topological polar surface area (TPSA) is 15.3 Å². The van der Waals surface area contributed by atoms with Crippen LogP contribution in [0, 0.1) is 6.92 Å². The first-order valence-corrected chi connectivity index (χ1v) is 7.89. The Bertz CT molecular complexity index is 353. The molecule has 1 aromatic rings. The van der Waals surface area contributed by atoms with Crippen LogP contribution in [0.4, 0.5) is 0 Å². The van der Waals surface area contributed by atoms with E-state index in [0.717, 1.165) is 19.6 Å². The van der Waals surface area contributed by atoms with Gasteiger partial charge in [-0.15, -0.1) is 11.3 Å². The normalized spacial score (nSPS) is 14.2. The highest BCUT2D eigenvalue weighted by atomic mass is 32.1. The zero-order chi connectivity index (χ0) is 13.8. The first-order valence-electron chi connectivity index (χ1n) is 7.01. The smallest absolute Gasteiger partial charge is 0.0599 e. The van der Waals surface area contributed by atoms with E-state index in [1.54, 1.807) is 0 Å². The van der Waals surface area contributed by atoms with Crippen LogP contribution in [0.3, 0.4) is 0 Å². The molecular formula is C15H28N2S. The SMILES string of the molecule is CCNC(c1sccc1C)C(C)(C)N(CC)CC. The molecule has 0 fully saturated rings. The van der Waals surface area contributed by atoms with E-state index in [1.165, 1.54) is 10.4 Å². The van der Waals surface area contributed by atoms with E-state index in [-0.39, 0.29) is 5.54 Å². The summed E-state index contributed by atoms with van der Waals surface area (Å²) in [5.41, 5.74) is 1.54. The summed E-state index contributed by atoms with van der Waals surface area (Å²) < 4.78 is 0. The van der Waals surface area contributed by atoms with Gasteiger partial charge in [-0.3, -0.25) is 4.90 Å². The Labute approximate surface area is 116 Å². The summed E-state index contributed by atoms with van der Waals surface area (Å²) in [7, 11) is 0. The molecule has 0 aliphatic heterocycles. The second-order valence-electron chi connectivity index (χ2n) is 5.28. The van der Waals surface area contributed by atoms with Crippen molar-refractivity contribution in [1.29, 1.82) is 0 Å². The summed E-state index contributed by atoms with van der Waals surface area (Å²) in [5, 5.41) is 5.89. The molecular weight excluding hydrogens is 240 g/mol. The van der Waals surface area contributed by atoms with Crippen molar-refractivity contribution in [3.8, 4) is 0 Å². The largest absolute Gasteiger partial charge is 0.308 e. The van der Waals surface area contributed by atoms with E-state index in [4.69, 9.17) is 0 Å². The van der Waals surface area contributed by atoms with Gasteiger partial charge in [0.2, 0.25) is 0 Å². The zero-order valence-corrected chi connectivity index (χ0v) is 13.5. The van der Waals surface area contributed by atoms with E-state index in [9.17, 15) is 0 Å². The van der Waals surface area contributed by atoms with Gasteiger partial charge in [-0.25, -0.2) is 0 Å². The monoisotopic (exact) mass is 268 g/mol. The second-order valence-corrected chi connectivity index (χ2v) is 6.23. The molecule has 1 aromatic heterocycles. The van der Waals surface area contributed by atoms with E-state index in [1.807, 2.05) is 11.3 Å². The number of nitrogens with one attached hydrogen (secondary N) is 1. The molecule has 1 rings (SSSR count). The highest BCUT2D eigenvalue weighted by molar-refractivity contribution is 7.10. The highest BCUT2D eigenvalue weighted by Crippen LogP contribution is 2.35. The Morgan fingerprint density at radius 1 is 1.28 bits per heavy atom. The Hall–Kier alpha value is -0.380. The van der Waals surface area contributed by atoms with Crippen molar-refractivity contribution in [2.45, 2.75) is 53.1 Å². The summed E-state index contributed by atoms with van der Waals surface area (Å²) in [5.74, 6) is 0. The van der Waals surface area contributed by atoms with Crippen LogP contribution in [0.15, 0.2) is 11.4 Å². The molecule has 1 atom stereocenters. The molecule has 0 aromatic carbocycles. The summed E-state index contributed by atoms with van der Waals surface area (Å²) >= 11 is 1.87. The van der Waals surface area contributed by atoms with Crippen molar-refractivity contribution in [3.05, 3.63) is 21.9 Å². The maximum atomic E-state index is 3.68. The van der Waals surface area contributed by atoms with Crippen molar-refractivity contribution in [2.75, 3.05) is 19.6 Å². The van der Waals surface area contributed by atoms with Gasteiger partial charge in [0, 0.05) is 10.4 Å². The lowest BCUT2D eigenvalue weighted by molar-refractivity contribution is 0.0930. The zero-order valence-electron chi connectivity index (χ0n) is 12.7. The fraction of sp³-hybridized carbons (Fsp3) is 0.733. The minimum atomic E-state index is 0.134. The van der Waals surface area contributed by atoms with Crippen molar-refractivity contribution in [2.24, 2.45) is 0 Å². The average molecular weight is 268 g/mol. The van der Waals surface area contributed by atoms with Crippen molar-refractivity contribution in [3.63, 3.8) is 0 Å². The lowest BCUT2D eigenvalue weighted by atomic mass is 9.89. The van der Waals surface area contributed by atoms with Gasteiger partial charge in [-0.1, -0.05) is 20.8 Å². The molecule has 3 heteroatoms. The first kappa shape index (κ1) is 15.7. The van der Waals surface area contributed by atoms with Crippen molar-refractivity contribution < 1.29 is 0 Å². The molecule has 0 bridgehead atoms. The van der Waals surface area contributed by atoms with Crippen LogP contribution in [0.5, 0.6) is 0 Å². The lowest BCUT2D eigenvalue weighted by Gasteiger charge is -2.43. The van der Waals surface area contributed by atoms with Crippen LogP contribution >= 0.6 is 11.3 Å². The molecule has 0 aliphatic rings. The average Bonchev–Trinajstić information content (AvgIpc) is 2.73. The first-order chi connectivity index (χ1) is 8.48. The summed E-state index contributed by atoms with van der Waals surface area (Å²) in [6, 6.07) is 2.63. The lowest BCUT2D eigenvalue weighted by Crippen LogP contribution is -2.52. The third kappa shape index (κ3) is 3.14. The quantitative estimate of drug-likeness (QED) is 0.808. The molecule has 0 amide bonds. The van der Waals surface area contributed by atoms with E-state index in [0.29, 0.717) is 6.04 Å². The Kier molecular flexibility index (Phi) is 5.83. The van der Waals surface area contributed by atoms with Gasteiger partial charge in [-0.05, 0) is 57.4 Å². The standard InChI is InChI=1S/C15H28N2S/c1-7-16-14(13-12(4)10-11-18-13)15(5,6)17(8-2)9-3/h10-11,14,16H,7-9H2,1-6H3. The predicted molar refractivity (Wildman–Crippen MR) is 82.5 cm³/mol. The van der Waals surface area contributed by atoms with Gasteiger partial charge < -0.3 is 5.32 Å². The fourth-order valence-electron chi connectivity index (χ4n) is 2.77. The van der Waals surface area contributed by atoms with Crippen molar-refractivity contribution in [1.82, 2.24) is 10.2 Å². The fourth-order valence-corrected chi connectivity index (χ4v) is 3.95. The van der Waals surface area contributed by atoms with Gasteiger partial charge >= 0.3 is 0 Å². The second kappa shape index (κ2) is 6.69. The third-order valence-corrected chi connectivity index (χ3v) is 4.94. The number of thiophene rings is 1. The number of hydrogen-bond acceptors (Lipinski definition) is 3. The van der Waals surface area contributed by atoms with Crippen LogP contribution in [0.1, 0.15) is 51.1 Å². The molecule has 1 heterocycles. The van der Waals surface area contributed by atoms with Crippen molar-refractivity contribution >= 4 is 11.3 Å². The van der Waals surface area contributed by atoms with Crippen LogP contribution < -0.4 is 5.32 Å². The summed E-state index contributed by atoms with van der Waals surface area (Å²) in [6.07, 6.45) is 0. The van der Waals surface area contributed by atoms with Crippen LogP contribution in [-0.2, 0) is 0 Å². The number of likely N-dealkylation sites (N-methyl/N-ethyl adjacent to an activating group) is 2. The van der Waals surface area contributed by atoms with Gasteiger partial charge in [0.05, 0.1) is 6.04 Å². The maximum absolute atomic E-state index is 3.68. The Morgan fingerprint density at radius 3 is 2.28 bits per heavy atom. The predicted octanol–water partition coefficient (Wildman–Crippen LogP) is 3.83. The van der Waals surface area contributed by atoms with E-state index >= 15 is 0 Å². The molecule has 0 radical (unpaired) electrons. The summed E-state index contributed by atoms with van der Waals surface area (Å²) in [6.45, 7) is 16.8. The maximum Gasteiger partial charge on any atom is 0.0599 e. The molecule has 18 heavy (non-hydrogen) atoms. The molecule has 104 valence electrons. The summed E-state index contributed by atoms with van der Waals surface area (Å²) in [4.78, 5) is 4.02. The molecule has 0 saturated heterocycles. The van der Waals surface area contributed by atoms with E-state index < -0.39 is 0 Å². The molecule has 0 aliphatic carbocycles. The Morgan fingerprint density at radius 2 is 1.89 bits per heavy atom. The molecule has 2 nitrogen and oxygen atoms in total. The van der Waals surface area contributed by atoms with Gasteiger partial charge in [0.1, 0.15) is 0 Å². The highest BCUT2D eigenvalue weighted by Gasteiger charge is 2.35. The van der Waals surface area contributed by atoms with Crippen LogP contribution in [-0.4, -0.2) is 30.1 Å². The molecule has 1 N–H and O–H groups in total. The number of hydrogen-bond donors (Lipinski definition) is 1. The molecule has 0 saturated carbocycles. The van der Waals surface area contributed by atoms with Crippen LogP contribution in [0.25, 0.3) is 0 Å². The van der Waals surface area contributed by atoms with E-state index in [2.05, 4.69) is 63.2 Å². The van der Waals surface area contributed by atoms with Gasteiger partial charge in [0.15, 0.2) is 0 Å². The third-order valence-electron chi connectivity index (χ3n) is 3.86. The van der Waals surface area contributed by atoms with Gasteiger partial charge in [-0.2, -0.15) is 0 Å². The van der Waals surface area contributed by atoms with Gasteiger partial charge in [0.25, 0.3) is 0 Å². The molecule has 0 spiro atoms. The number of rotatable bonds is 7. The number of aryl methyl sites for hydroxylation is 1.